The lowest BCUT2D eigenvalue weighted by Gasteiger charge is -2.45. The van der Waals surface area contributed by atoms with E-state index in [1.807, 2.05) is 48.6 Å². The van der Waals surface area contributed by atoms with Gasteiger partial charge >= 0.3 is 21.4 Å². The monoisotopic (exact) mass is 650 g/mol. The summed E-state index contributed by atoms with van der Waals surface area (Å²) >= 11 is 0. The van der Waals surface area contributed by atoms with E-state index in [0.29, 0.717) is 27.5 Å². The summed E-state index contributed by atoms with van der Waals surface area (Å²) < 4.78 is 12.8. The first-order chi connectivity index (χ1) is 22.6. The van der Waals surface area contributed by atoms with Gasteiger partial charge in [0, 0.05) is 0 Å². The van der Waals surface area contributed by atoms with E-state index in [-0.39, 0.29) is 0 Å². The number of aryl methyl sites for hydroxylation is 2. The molecule has 250 valence electrons. The lowest BCUT2D eigenvalue weighted by Crippen LogP contribution is -2.65. The Morgan fingerprint density at radius 1 is 0.617 bits per heavy atom. The van der Waals surface area contributed by atoms with Gasteiger partial charge in [-0.1, -0.05) is 132 Å². The predicted octanol–water partition coefficient (Wildman–Crippen LogP) is 6.87. The largest absolute Gasteiger partial charge is 0.477 e. The van der Waals surface area contributed by atoms with Gasteiger partial charge in [-0.15, -0.1) is 13.2 Å². The van der Waals surface area contributed by atoms with Gasteiger partial charge in [-0.05, 0) is 95.5 Å². The molecule has 0 aromatic heterocycles. The molecule has 0 atom stereocenters. The minimum Gasteiger partial charge on any atom is -0.444 e. The van der Waals surface area contributed by atoms with Crippen LogP contribution in [-0.2, 0) is 22.0 Å². The number of hydrogen-bond donors (Lipinski definition) is 2. The molecule has 3 rings (SSSR count). The van der Waals surface area contributed by atoms with Crippen molar-refractivity contribution in [3.8, 4) is 0 Å². The lowest BCUT2D eigenvalue weighted by molar-refractivity contribution is 0.356. The first kappa shape index (κ1) is 38.8. The second-order valence-corrected chi connectivity index (χ2v) is 19.7. The summed E-state index contributed by atoms with van der Waals surface area (Å²) in [6, 6.07) is 24.3. The van der Waals surface area contributed by atoms with Crippen molar-refractivity contribution >= 4 is 51.0 Å². The van der Waals surface area contributed by atoms with Crippen LogP contribution in [0.15, 0.2) is 98.1 Å². The Bertz CT molecular complexity index is 1270. The van der Waals surface area contributed by atoms with Crippen molar-refractivity contribution in [2.45, 2.75) is 110 Å². The van der Waals surface area contributed by atoms with Crippen LogP contribution in [0.25, 0.3) is 0 Å². The quantitative estimate of drug-likeness (QED) is 0.0751. The highest BCUT2D eigenvalue weighted by molar-refractivity contribution is 6.98. The SMILES string of the molecule is C=CCCCCc1ccc(B(O)OB(OB(O)c2ccc(CCCCC=C)cc2)c2ccccc2[Si](C(C)C)(C(C)C)C(C)C)cc1. The van der Waals surface area contributed by atoms with Gasteiger partial charge in [0.15, 0.2) is 0 Å². The molecular weight excluding hydrogens is 593 g/mol. The molecule has 8 heteroatoms. The predicted molar refractivity (Wildman–Crippen MR) is 208 cm³/mol. The molecule has 0 aliphatic rings. The number of allylic oxidation sites excluding steroid dienone is 2. The first-order valence-corrected chi connectivity index (χ1v) is 19.9. The van der Waals surface area contributed by atoms with E-state index in [4.69, 9.17) is 9.14 Å². The third-order valence-corrected chi connectivity index (χ3v) is 16.9. The van der Waals surface area contributed by atoms with Gasteiger partial charge in [-0.3, -0.25) is 0 Å². The Morgan fingerprint density at radius 2 is 1.02 bits per heavy atom. The molecule has 0 bridgehead atoms. The summed E-state index contributed by atoms with van der Waals surface area (Å²) in [5.74, 6) is 0. The van der Waals surface area contributed by atoms with Crippen LogP contribution in [0.5, 0.6) is 0 Å². The third-order valence-electron chi connectivity index (χ3n) is 9.83. The Hall–Kier alpha value is -2.61. The fraction of sp³-hybridized carbons (Fsp3) is 0.436. The molecule has 3 aromatic carbocycles. The van der Waals surface area contributed by atoms with Crippen LogP contribution in [0.4, 0.5) is 0 Å². The summed E-state index contributed by atoms with van der Waals surface area (Å²) in [6.07, 6.45) is 12.4. The Balaban J connectivity index is 1.95. The van der Waals surface area contributed by atoms with Crippen molar-refractivity contribution in [2.24, 2.45) is 0 Å². The van der Waals surface area contributed by atoms with Crippen LogP contribution >= 0.6 is 0 Å². The molecular formula is C39H57B3O4Si. The molecule has 0 aliphatic carbocycles. The van der Waals surface area contributed by atoms with Gasteiger partial charge in [-0.25, -0.2) is 0 Å². The molecule has 0 amide bonds. The third kappa shape index (κ3) is 10.4. The van der Waals surface area contributed by atoms with Crippen molar-refractivity contribution < 1.29 is 19.2 Å². The van der Waals surface area contributed by atoms with Gasteiger partial charge in [0.05, 0.1) is 8.07 Å². The molecule has 0 spiro atoms. The zero-order valence-electron chi connectivity index (χ0n) is 29.8. The van der Waals surface area contributed by atoms with Crippen LogP contribution < -0.4 is 21.6 Å². The van der Waals surface area contributed by atoms with Gasteiger partial charge in [0.25, 0.3) is 0 Å². The second kappa shape index (κ2) is 19.4. The zero-order valence-corrected chi connectivity index (χ0v) is 30.8. The first-order valence-electron chi connectivity index (χ1n) is 17.7. The van der Waals surface area contributed by atoms with E-state index >= 15 is 0 Å². The summed E-state index contributed by atoms with van der Waals surface area (Å²) in [6.45, 7) is 21.6. The smallest absolute Gasteiger partial charge is 0.444 e. The van der Waals surface area contributed by atoms with Gasteiger partial charge in [0.1, 0.15) is 0 Å². The molecule has 2 N–H and O–H groups in total. The fourth-order valence-corrected chi connectivity index (χ4v) is 14.5. The second-order valence-electron chi connectivity index (χ2n) is 13.8. The van der Waals surface area contributed by atoms with Crippen LogP contribution in [0.1, 0.15) is 91.2 Å². The minimum absolute atomic E-state index is 0.456. The van der Waals surface area contributed by atoms with Crippen LogP contribution in [-0.4, -0.2) is 39.5 Å². The van der Waals surface area contributed by atoms with Crippen molar-refractivity contribution in [3.05, 3.63) is 109 Å². The van der Waals surface area contributed by atoms with E-state index in [0.717, 1.165) is 56.8 Å². The standard InChI is InChI=1S/C39H57B3O4Si/c1-9-11-13-15-19-34-23-27-36(28-24-34)40(43)45-42(46-41(44)37-29-25-35(26-30-37)20-16-14-12-10-2)38-21-17-18-22-39(38)47(31(3)4,32(5)6)33(7)8/h9-10,17-18,21-33,43-44H,1-2,11-16,19-20H2,3-8H3. The molecule has 0 aliphatic heterocycles. The molecule has 0 saturated carbocycles. The van der Waals surface area contributed by atoms with Gasteiger partial charge in [0.2, 0.25) is 0 Å². The van der Waals surface area contributed by atoms with Gasteiger partial charge in [-0.2, -0.15) is 0 Å². The van der Waals surface area contributed by atoms with Crippen molar-refractivity contribution in [1.29, 1.82) is 0 Å². The highest BCUT2D eigenvalue weighted by atomic mass is 28.3. The topological polar surface area (TPSA) is 58.9 Å². The average Bonchev–Trinajstić information content (AvgIpc) is 3.05. The highest BCUT2D eigenvalue weighted by Gasteiger charge is 2.47. The number of unbranched alkanes of at least 4 members (excludes halogenated alkanes) is 4. The normalized spacial score (nSPS) is 11.7. The maximum absolute atomic E-state index is 11.5. The number of rotatable bonds is 21. The zero-order chi connectivity index (χ0) is 34.4. The summed E-state index contributed by atoms with van der Waals surface area (Å²) in [5.41, 5.74) is 6.01. The average molecular weight is 650 g/mol. The Kier molecular flexibility index (Phi) is 16.0. The van der Waals surface area contributed by atoms with Crippen LogP contribution in [0, 0.1) is 0 Å². The van der Waals surface area contributed by atoms with Crippen molar-refractivity contribution in [2.75, 3.05) is 0 Å². The van der Waals surface area contributed by atoms with Crippen molar-refractivity contribution in [1.82, 2.24) is 0 Å². The van der Waals surface area contributed by atoms with E-state index in [1.165, 1.54) is 16.3 Å². The van der Waals surface area contributed by atoms with Crippen LogP contribution in [0.3, 0.4) is 0 Å². The molecule has 0 radical (unpaired) electrons. The molecule has 0 unspecified atom stereocenters. The minimum atomic E-state index is -2.16. The number of hydrogen-bond acceptors (Lipinski definition) is 4. The molecule has 0 heterocycles. The molecule has 0 fully saturated rings. The van der Waals surface area contributed by atoms with E-state index < -0.39 is 29.4 Å². The molecule has 0 saturated heterocycles. The van der Waals surface area contributed by atoms with Crippen LogP contribution in [0.2, 0.25) is 16.6 Å². The maximum atomic E-state index is 11.5. The highest BCUT2D eigenvalue weighted by Crippen LogP contribution is 2.40. The number of benzene rings is 3. The summed E-state index contributed by atoms with van der Waals surface area (Å²) in [5, 5.41) is 24.2. The lowest BCUT2D eigenvalue weighted by atomic mass is 9.67. The molecule has 3 aromatic rings. The van der Waals surface area contributed by atoms with Crippen molar-refractivity contribution in [3.63, 3.8) is 0 Å². The van der Waals surface area contributed by atoms with E-state index in [2.05, 4.69) is 91.1 Å². The fourth-order valence-electron chi connectivity index (χ4n) is 7.53. The Morgan fingerprint density at radius 3 is 1.40 bits per heavy atom. The van der Waals surface area contributed by atoms with Gasteiger partial charge < -0.3 is 19.2 Å². The molecule has 47 heavy (non-hydrogen) atoms. The van der Waals surface area contributed by atoms with E-state index in [1.54, 1.807) is 0 Å². The van der Waals surface area contributed by atoms with E-state index in [9.17, 15) is 10.0 Å². The summed E-state index contributed by atoms with van der Waals surface area (Å²) in [7, 11) is -5.62. The summed E-state index contributed by atoms with van der Waals surface area (Å²) in [4.78, 5) is 0. The maximum Gasteiger partial charge on any atom is 0.477 e. The Labute approximate surface area is 288 Å². The molecule has 4 nitrogen and oxygen atoms in total.